The number of sulfonamides is 2. The zero-order chi connectivity index (χ0) is 65.8. The van der Waals surface area contributed by atoms with Crippen molar-refractivity contribution in [3.8, 4) is 0 Å². The summed E-state index contributed by atoms with van der Waals surface area (Å²) in [6.45, 7) is 9.55. The third-order valence-corrected chi connectivity index (χ3v) is 16.5. The van der Waals surface area contributed by atoms with Crippen LogP contribution in [0, 0.1) is 20.8 Å². The molecule has 0 bridgehead atoms. The number of carboxylic acids is 2. The van der Waals surface area contributed by atoms with Crippen LogP contribution in [0.15, 0.2) is 204 Å². The van der Waals surface area contributed by atoms with Gasteiger partial charge >= 0.3 is 24.3 Å². The molecule has 0 heterocycles. The van der Waals surface area contributed by atoms with E-state index in [0.717, 1.165) is 53.1 Å². The van der Waals surface area contributed by atoms with Gasteiger partial charge < -0.3 is 27.0 Å². The number of nitrogens with one attached hydrogen (secondary N) is 3. The van der Waals surface area contributed by atoms with Crippen LogP contribution >= 0.6 is 58.5 Å². The average Bonchev–Trinajstić information content (AvgIpc) is 3.53. The van der Waals surface area contributed by atoms with Crippen LogP contribution in [0.3, 0.4) is 0 Å². The first kappa shape index (κ1) is 76.6. The van der Waals surface area contributed by atoms with Gasteiger partial charge in [0.1, 0.15) is 0 Å². The van der Waals surface area contributed by atoms with E-state index in [-0.39, 0.29) is 61.6 Å². The maximum absolute atomic E-state index is 12.7. The highest BCUT2D eigenvalue weighted by atomic mass is 79.9. The summed E-state index contributed by atoms with van der Waals surface area (Å²) in [6.07, 6.45) is -8.76. The molecule has 0 radical (unpaired) electrons. The first-order valence-corrected chi connectivity index (χ1v) is 32.2. The Kier molecular flexibility index (Phi) is 29.4. The van der Waals surface area contributed by atoms with E-state index in [0.29, 0.717) is 19.1 Å². The molecule has 16 nitrogen and oxygen atoms in total. The minimum absolute atomic E-state index is 0. The number of amides is 1. The van der Waals surface area contributed by atoms with E-state index in [1.54, 1.807) is 60.7 Å². The van der Waals surface area contributed by atoms with Crippen LogP contribution in [-0.2, 0) is 41.5 Å². The molecular formula is C59H57Br3ClF6N5O11S3. The maximum atomic E-state index is 12.7. The Labute approximate surface area is 535 Å². The largest absolute Gasteiger partial charge is 0.478 e. The predicted molar refractivity (Wildman–Crippen MR) is 342 cm³/mol. The third kappa shape index (κ3) is 25.0. The van der Waals surface area contributed by atoms with Crippen LogP contribution < -0.4 is 26.2 Å². The molecule has 0 aliphatic carbocycles. The number of nitrogens with two attached hydrogens (primary N) is 2. The number of carboxylic acid groups (broad SMARTS) is 2. The molecule has 8 aromatic rings. The molecule has 472 valence electrons. The molecule has 0 aliphatic heterocycles. The summed E-state index contributed by atoms with van der Waals surface area (Å²) in [7, 11) is -6.26. The zero-order valence-corrected chi connectivity index (χ0v) is 53.9. The first-order chi connectivity index (χ1) is 40.4. The summed E-state index contributed by atoms with van der Waals surface area (Å²) in [5.41, 5.74) is 12.7. The number of halogens is 10. The fraction of sp³-hybridized carbons (Fsp3) is 0.136. The normalized spacial score (nSPS) is 10.9. The second-order valence-corrected chi connectivity index (χ2v) is 26.1. The van der Waals surface area contributed by atoms with Crippen LogP contribution in [0.5, 0.6) is 0 Å². The molecule has 8 rings (SSSR count). The molecular weight excluding hydrogens is 1440 g/mol. The van der Waals surface area contributed by atoms with Crippen LogP contribution in [0.25, 0.3) is 0 Å². The van der Waals surface area contributed by atoms with Gasteiger partial charge in [-0.1, -0.05) is 122 Å². The molecule has 1 amide bonds. The number of aromatic carboxylic acids is 2. The summed E-state index contributed by atoms with van der Waals surface area (Å²) in [6, 6.07) is 40.5. The molecule has 0 spiro atoms. The number of hydrogen-bond donors (Lipinski definition) is 7. The van der Waals surface area contributed by atoms with Gasteiger partial charge in [0.25, 0.3) is 35.0 Å². The van der Waals surface area contributed by atoms with Crippen LogP contribution in [-0.4, -0.2) is 53.3 Å². The van der Waals surface area contributed by atoms with Crippen molar-refractivity contribution >= 4 is 134 Å². The number of alkyl halides is 6. The molecule has 0 aliphatic rings. The van der Waals surface area contributed by atoms with E-state index in [1.807, 2.05) is 34.6 Å². The predicted octanol–water partition coefficient (Wildman–Crippen LogP) is 16.7. The highest BCUT2D eigenvalue weighted by Crippen LogP contribution is 2.32. The topological polar surface area (TPSA) is 282 Å². The molecule has 0 saturated heterocycles. The van der Waals surface area contributed by atoms with Gasteiger partial charge in [0.2, 0.25) is 0 Å². The van der Waals surface area contributed by atoms with E-state index < -0.39 is 70.4 Å². The van der Waals surface area contributed by atoms with Crippen molar-refractivity contribution in [1.29, 1.82) is 0 Å². The Bertz CT molecular complexity index is 4010. The Hall–Kier alpha value is -7.47. The van der Waals surface area contributed by atoms with Crippen molar-refractivity contribution < 1.29 is 76.2 Å². The van der Waals surface area contributed by atoms with Gasteiger partial charge in [0.15, 0.2) is 0 Å². The average molecular weight is 1500 g/mol. The van der Waals surface area contributed by atoms with Gasteiger partial charge in [0, 0.05) is 41.2 Å². The lowest BCUT2D eigenvalue weighted by Gasteiger charge is -2.14. The Balaban J connectivity index is 0.000000400. The molecule has 0 aromatic heterocycles. The highest BCUT2D eigenvalue weighted by Gasteiger charge is 2.31. The van der Waals surface area contributed by atoms with Crippen molar-refractivity contribution in [1.82, 2.24) is 0 Å². The van der Waals surface area contributed by atoms with Crippen molar-refractivity contribution in [3.05, 3.63) is 234 Å². The van der Waals surface area contributed by atoms with Crippen molar-refractivity contribution in [2.24, 2.45) is 0 Å². The number of hydrogen-bond acceptors (Lipinski definition) is 11. The van der Waals surface area contributed by atoms with Crippen LogP contribution in [0.4, 0.5) is 54.8 Å². The molecule has 9 N–H and O–H groups in total. The lowest BCUT2D eigenvalue weighted by molar-refractivity contribution is -0.138. The summed E-state index contributed by atoms with van der Waals surface area (Å²) >= 11 is 9.53. The Morgan fingerprint density at radius 3 is 1.12 bits per heavy atom. The van der Waals surface area contributed by atoms with Crippen molar-refractivity contribution in [2.75, 3.05) is 26.2 Å². The van der Waals surface area contributed by atoms with Crippen molar-refractivity contribution in [2.45, 2.75) is 69.1 Å². The first-order valence-electron chi connectivity index (χ1n) is 24.6. The second kappa shape index (κ2) is 33.8. The van der Waals surface area contributed by atoms with Gasteiger partial charge in [0.05, 0.1) is 53.9 Å². The van der Waals surface area contributed by atoms with E-state index in [2.05, 4.69) is 62.6 Å². The zero-order valence-electron chi connectivity index (χ0n) is 46.0. The quantitative estimate of drug-likeness (QED) is 0.0361. The molecule has 0 saturated carbocycles. The molecule has 29 heteroatoms. The van der Waals surface area contributed by atoms with Crippen LogP contribution in [0.2, 0.25) is 0 Å². The number of aryl methyl sites for hydroxylation is 3. The van der Waals surface area contributed by atoms with Gasteiger partial charge in [-0.05, 0) is 160 Å². The van der Waals surface area contributed by atoms with E-state index in [4.69, 9.17) is 32.4 Å². The number of nitrogen functional groups attached to an aromatic ring is 2. The number of benzene rings is 8. The molecule has 8 aromatic carbocycles. The monoisotopic (exact) mass is 1490 g/mol. The van der Waals surface area contributed by atoms with Gasteiger partial charge in [-0.15, -0.1) is 0 Å². The molecule has 0 fully saturated rings. The van der Waals surface area contributed by atoms with Gasteiger partial charge in [-0.25, -0.2) is 34.8 Å². The molecule has 0 atom stereocenters. The minimum Gasteiger partial charge on any atom is -0.478 e. The fourth-order valence-corrected chi connectivity index (χ4v) is 10.5. The maximum Gasteiger partial charge on any atom is 0.416 e. The molecule has 0 unspecified atom stereocenters. The van der Waals surface area contributed by atoms with E-state index >= 15 is 0 Å². The number of rotatable bonds is 11. The highest BCUT2D eigenvalue weighted by molar-refractivity contribution is 9.11. The standard InChI is InChI=1S/C21H16BrF3N2O3S.C14H12BrNO4S.C7H6BrNO2.C7H7ClO2S.C7H6F3N.C2H6.CH4/c1-13-2-9-17(10-3-13)31(29,30)27-19-11-6-15(22)12-18(19)20(28)26-16-7-4-14(5-8-16)21(23,24)25;1-9-2-5-11(6-3-9)21(19,20)16-13-7-4-10(15)8-12(13)14(17)18;8-4-1-2-6(9)5(3-4)7(10)11;1-6-2-4-7(5-3-6)11(8,9)10;8-7(9,10)5-1-3-6(11)4-2-5;1-2;/h2-12,27H,1H3,(H,26,28);2-8,16H,1H3,(H,17,18);1-3H,9H2,(H,10,11);2-5H,1H3;1-4H,11H2;1-2H3;1H4. The summed E-state index contributed by atoms with van der Waals surface area (Å²) < 4.78 is 152. The fourth-order valence-electron chi connectivity index (χ4n) is 6.45. The Morgan fingerprint density at radius 2 is 0.784 bits per heavy atom. The SMILES string of the molecule is C.CC.Cc1ccc(S(=O)(=O)Cl)cc1.Cc1ccc(S(=O)(=O)Nc2ccc(Br)cc2C(=O)Nc2ccc(C(F)(F)F)cc2)cc1.Cc1ccc(S(=O)(=O)Nc2ccc(Br)cc2C(=O)O)cc1.Nc1ccc(Br)cc1C(=O)O.Nc1ccc(C(F)(F)F)cc1. The molecule has 88 heavy (non-hydrogen) atoms. The lowest BCUT2D eigenvalue weighted by atomic mass is 10.1. The minimum atomic E-state index is -4.49. The second-order valence-electron chi connectivity index (χ2n) is 17.5. The summed E-state index contributed by atoms with van der Waals surface area (Å²) in [5.74, 6) is -2.91. The number of anilines is 5. The third-order valence-electron chi connectivity index (χ3n) is 10.8. The van der Waals surface area contributed by atoms with E-state index in [9.17, 15) is 66.0 Å². The van der Waals surface area contributed by atoms with Gasteiger partial charge in [-0.2, -0.15) is 26.3 Å². The summed E-state index contributed by atoms with van der Waals surface area (Å²) in [5, 5.41) is 20.2. The van der Waals surface area contributed by atoms with Crippen LogP contribution in [0.1, 0.15) is 80.2 Å². The summed E-state index contributed by atoms with van der Waals surface area (Å²) in [4.78, 5) is 34.6. The smallest absolute Gasteiger partial charge is 0.416 e. The Morgan fingerprint density at radius 1 is 0.466 bits per heavy atom. The lowest BCUT2D eigenvalue weighted by Crippen LogP contribution is -2.19. The number of carbonyl (C=O) groups is 3. The van der Waals surface area contributed by atoms with Crippen molar-refractivity contribution in [3.63, 3.8) is 0 Å². The number of carbonyl (C=O) groups excluding carboxylic acids is 1. The van der Waals surface area contributed by atoms with Gasteiger partial charge in [-0.3, -0.25) is 14.2 Å². The van der Waals surface area contributed by atoms with E-state index in [1.165, 1.54) is 78.9 Å².